The number of hydrogen-bond donors (Lipinski definition) is 1. The van der Waals surface area contributed by atoms with Crippen molar-refractivity contribution in [2.45, 2.75) is 46.8 Å². The molecule has 0 aromatic rings. The smallest absolute Gasteiger partial charge is 0.240 e. The van der Waals surface area contributed by atoms with E-state index in [1.165, 1.54) is 4.31 Å². The summed E-state index contributed by atoms with van der Waals surface area (Å²) in [6.07, 6.45) is 0.0126. The van der Waals surface area contributed by atoms with Gasteiger partial charge in [-0.15, -0.1) is 0 Å². The van der Waals surface area contributed by atoms with Crippen molar-refractivity contribution in [2.24, 2.45) is 11.1 Å². The largest absolute Gasteiger partial charge is 0.378 e. The van der Waals surface area contributed by atoms with E-state index in [0.29, 0.717) is 26.2 Å². The van der Waals surface area contributed by atoms with Gasteiger partial charge in [-0.3, -0.25) is 4.79 Å². The zero-order valence-corrected chi connectivity index (χ0v) is 15.7. The van der Waals surface area contributed by atoms with Gasteiger partial charge in [-0.25, -0.2) is 8.42 Å². The standard InChI is InChI=1S/C15H31N3O4S/c1-12(2)22-10-11-23(20,21)18-8-6-17(7-9-18)14(19)13(16)15(3,4)5/h12-13H,6-11,16H2,1-5H3/t13-/m1/s1. The summed E-state index contributed by atoms with van der Waals surface area (Å²) in [5.74, 6) is -0.140. The third-order valence-electron chi connectivity index (χ3n) is 3.94. The van der Waals surface area contributed by atoms with Crippen LogP contribution in [0.1, 0.15) is 34.6 Å². The lowest BCUT2D eigenvalue weighted by Crippen LogP contribution is -2.57. The quantitative estimate of drug-likeness (QED) is 0.742. The maximum absolute atomic E-state index is 12.4. The summed E-state index contributed by atoms with van der Waals surface area (Å²) in [7, 11) is -3.34. The van der Waals surface area contributed by atoms with Crippen LogP contribution in [0.25, 0.3) is 0 Å². The van der Waals surface area contributed by atoms with E-state index < -0.39 is 16.1 Å². The predicted octanol–water partition coefficient (Wildman–Crippen LogP) is 0.259. The molecule has 23 heavy (non-hydrogen) atoms. The number of rotatable bonds is 6. The number of amides is 1. The molecule has 1 atom stereocenters. The first-order chi connectivity index (χ1) is 10.4. The topological polar surface area (TPSA) is 92.9 Å². The lowest BCUT2D eigenvalue weighted by Gasteiger charge is -2.37. The Bertz CT molecular complexity index is 491. The Morgan fingerprint density at radius 3 is 2.13 bits per heavy atom. The average molecular weight is 349 g/mol. The van der Waals surface area contributed by atoms with Crippen molar-refractivity contribution >= 4 is 15.9 Å². The minimum atomic E-state index is -3.34. The van der Waals surface area contributed by atoms with Crippen LogP contribution in [0.5, 0.6) is 0 Å². The van der Waals surface area contributed by atoms with E-state index in [0.717, 1.165) is 0 Å². The summed E-state index contributed by atoms with van der Waals surface area (Å²) in [5.41, 5.74) is 5.69. The normalized spacial score (nSPS) is 19.2. The first-order valence-corrected chi connectivity index (χ1v) is 9.70. The molecule has 0 aromatic carbocycles. The van der Waals surface area contributed by atoms with E-state index in [1.54, 1.807) is 4.90 Å². The molecule has 0 aliphatic carbocycles. The van der Waals surface area contributed by atoms with Crippen molar-refractivity contribution < 1.29 is 17.9 Å². The van der Waals surface area contributed by atoms with Crippen molar-refractivity contribution in [1.29, 1.82) is 0 Å². The summed E-state index contributed by atoms with van der Waals surface area (Å²) < 4.78 is 31.3. The van der Waals surface area contributed by atoms with Gasteiger partial charge < -0.3 is 15.4 Å². The highest BCUT2D eigenvalue weighted by atomic mass is 32.2. The Labute approximate surface area is 140 Å². The Kier molecular flexibility index (Phi) is 7.00. The van der Waals surface area contributed by atoms with Crippen LogP contribution in [0.15, 0.2) is 0 Å². The number of carbonyl (C=O) groups is 1. The third-order valence-corrected chi connectivity index (χ3v) is 5.77. The highest BCUT2D eigenvalue weighted by Crippen LogP contribution is 2.20. The molecular weight excluding hydrogens is 318 g/mol. The number of nitrogens with zero attached hydrogens (tertiary/aromatic N) is 2. The van der Waals surface area contributed by atoms with Crippen LogP contribution in [0.3, 0.4) is 0 Å². The van der Waals surface area contributed by atoms with E-state index >= 15 is 0 Å². The number of hydrogen-bond acceptors (Lipinski definition) is 5. The number of ether oxygens (including phenoxy) is 1. The molecule has 1 saturated heterocycles. The molecule has 1 heterocycles. The fourth-order valence-corrected chi connectivity index (χ4v) is 3.56. The molecule has 1 aliphatic heterocycles. The predicted molar refractivity (Wildman–Crippen MR) is 90.5 cm³/mol. The van der Waals surface area contributed by atoms with E-state index in [-0.39, 0.29) is 29.8 Å². The van der Waals surface area contributed by atoms with Crippen molar-refractivity contribution in [3.8, 4) is 0 Å². The van der Waals surface area contributed by atoms with Gasteiger partial charge in [-0.2, -0.15) is 4.31 Å². The second-order valence-electron chi connectivity index (χ2n) is 7.30. The van der Waals surface area contributed by atoms with Crippen LogP contribution >= 0.6 is 0 Å². The Morgan fingerprint density at radius 2 is 1.70 bits per heavy atom. The first kappa shape index (κ1) is 20.3. The zero-order valence-electron chi connectivity index (χ0n) is 14.9. The van der Waals surface area contributed by atoms with E-state index in [9.17, 15) is 13.2 Å². The highest BCUT2D eigenvalue weighted by molar-refractivity contribution is 7.89. The molecule has 1 rings (SSSR count). The lowest BCUT2D eigenvalue weighted by molar-refractivity contribution is -0.136. The molecule has 0 radical (unpaired) electrons. The van der Waals surface area contributed by atoms with Gasteiger partial charge in [0.15, 0.2) is 0 Å². The molecular formula is C15H31N3O4S. The van der Waals surface area contributed by atoms with Gasteiger partial charge in [-0.1, -0.05) is 20.8 Å². The second-order valence-corrected chi connectivity index (χ2v) is 9.39. The van der Waals surface area contributed by atoms with Crippen LogP contribution in [-0.2, 0) is 19.6 Å². The molecule has 0 saturated carbocycles. The molecule has 0 aromatic heterocycles. The monoisotopic (exact) mass is 349 g/mol. The Hall–Kier alpha value is -0.700. The second kappa shape index (κ2) is 7.92. The van der Waals surface area contributed by atoms with Crippen LogP contribution in [0, 0.1) is 5.41 Å². The summed E-state index contributed by atoms with van der Waals surface area (Å²) in [4.78, 5) is 14.0. The minimum Gasteiger partial charge on any atom is -0.378 e. The number of piperazine rings is 1. The first-order valence-electron chi connectivity index (χ1n) is 8.09. The maximum atomic E-state index is 12.4. The summed E-state index contributed by atoms with van der Waals surface area (Å²) in [6, 6.07) is -0.579. The van der Waals surface area contributed by atoms with Crippen molar-refractivity contribution in [3.63, 3.8) is 0 Å². The maximum Gasteiger partial charge on any atom is 0.240 e. The van der Waals surface area contributed by atoms with Crippen molar-refractivity contribution in [1.82, 2.24) is 9.21 Å². The molecule has 1 amide bonds. The van der Waals surface area contributed by atoms with Crippen molar-refractivity contribution in [3.05, 3.63) is 0 Å². The van der Waals surface area contributed by atoms with Crippen LogP contribution in [0.2, 0.25) is 0 Å². The van der Waals surface area contributed by atoms with Crippen LogP contribution < -0.4 is 5.73 Å². The van der Waals surface area contributed by atoms with Gasteiger partial charge in [0.2, 0.25) is 15.9 Å². The lowest BCUT2D eigenvalue weighted by atomic mass is 9.86. The minimum absolute atomic E-state index is 0.0126. The van der Waals surface area contributed by atoms with Gasteiger partial charge >= 0.3 is 0 Å². The molecule has 2 N–H and O–H groups in total. The van der Waals surface area contributed by atoms with E-state index in [4.69, 9.17) is 10.5 Å². The van der Waals surface area contributed by atoms with Crippen LogP contribution in [0.4, 0.5) is 0 Å². The number of carbonyl (C=O) groups excluding carboxylic acids is 1. The number of sulfonamides is 1. The zero-order chi connectivity index (χ0) is 17.8. The molecule has 8 heteroatoms. The third kappa shape index (κ3) is 6.02. The molecule has 1 aliphatic rings. The van der Waals surface area contributed by atoms with Gasteiger partial charge in [-0.05, 0) is 19.3 Å². The summed E-state index contributed by atoms with van der Waals surface area (Å²) >= 11 is 0. The Morgan fingerprint density at radius 1 is 1.17 bits per heavy atom. The fourth-order valence-electron chi connectivity index (χ4n) is 2.27. The fraction of sp³-hybridized carbons (Fsp3) is 0.933. The molecule has 0 spiro atoms. The molecule has 0 bridgehead atoms. The molecule has 1 fully saturated rings. The Balaban J connectivity index is 2.53. The van der Waals surface area contributed by atoms with Crippen LogP contribution in [-0.4, -0.2) is 74.2 Å². The summed E-state index contributed by atoms with van der Waals surface area (Å²) in [5, 5.41) is 0. The summed E-state index contributed by atoms with van der Waals surface area (Å²) in [6.45, 7) is 11.1. The molecule has 136 valence electrons. The van der Waals surface area contributed by atoms with Gasteiger partial charge in [0, 0.05) is 26.2 Å². The molecule has 7 nitrogen and oxygen atoms in total. The van der Waals surface area contributed by atoms with Gasteiger partial charge in [0.1, 0.15) is 0 Å². The van der Waals surface area contributed by atoms with Crippen molar-refractivity contribution in [2.75, 3.05) is 38.5 Å². The molecule has 0 unspecified atom stereocenters. The highest BCUT2D eigenvalue weighted by Gasteiger charge is 2.34. The average Bonchev–Trinajstić information content (AvgIpc) is 2.44. The van der Waals surface area contributed by atoms with E-state index in [2.05, 4.69) is 0 Å². The van der Waals surface area contributed by atoms with E-state index in [1.807, 2.05) is 34.6 Å². The SMILES string of the molecule is CC(C)OCCS(=O)(=O)N1CCN(C(=O)[C@@H](N)C(C)(C)C)CC1. The van der Waals surface area contributed by atoms with Gasteiger partial charge in [0.05, 0.1) is 24.5 Å². The van der Waals surface area contributed by atoms with Gasteiger partial charge in [0.25, 0.3) is 0 Å². The number of nitrogens with two attached hydrogens (primary N) is 1.